The summed E-state index contributed by atoms with van der Waals surface area (Å²) in [7, 11) is 0. The van der Waals surface area contributed by atoms with E-state index in [0.29, 0.717) is 22.4 Å². The number of ether oxygens (including phenoxy) is 1. The van der Waals surface area contributed by atoms with E-state index < -0.39 is 23.4 Å². The number of carbonyl (C=O) groups excluding carboxylic acids is 1. The third-order valence-corrected chi connectivity index (χ3v) is 6.30. The van der Waals surface area contributed by atoms with E-state index in [9.17, 15) is 23.2 Å². The van der Waals surface area contributed by atoms with Gasteiger partial charge in [0.25, 0.3) is 5.95 Å². The highest BCUT2D eigenvalue weighted by Gasteiger charge is 2.37. The molecule has 0 unspecified atom stereocenters. The van der Waals surface area contributed by atoms with Gasteiger partial charge in [0.1, 0.15) is 5.60 Å². The highest BCUT2D eigenvalue weighted by atomic mass is 19.4. The summed E-state index contributed by atoms with van der Waals surface area (Å²) in [6.07, 6.45) is -2.26. The van der Waals surface area contributed by atoms with Crippen molar-refractivity contribution in [3.63, 3.8) is 0 Å². The minimum atomic E-state index is -4.68. The van der Waals surface area contributed by atoms with Crippen LogP contribution in [0.1, 0.15) is 43.0 Å². The van der Waals surface area contributed by atoms with Crippen LogP contribution in [0, 0.1) is 25.2 Å². The van der Waals surface area contributed by atoms with E-state index in [4.69, 9.17) is 9.57 Å². The van der Waals surface area contributed by atoms with Gasteiger partial charge in [-0.05, 0) is 82.1 Å². The van der Waals surface area contributed by atoms with E-state index >= 15 is 0 Å². The molecule has 41 heavy (non-hydrogen) atoms. The minimum Gasteiger partial charge on any atom is -0.444 e. The normalized spacial score (nSPS) is 13.9. The monoisotopic (exact) mass is 568 g/mol. The molecule has 0 N–H and O–H groups in total. The second kappa shape index (κ2) is 11.5. The molecule has 1 saturated heterocycles. The Bertz CT molecular complexity index is 1420. The number of amides is 1. The fourth-order valence-electron chi connectivity index (χ4n) is 4.46. The number of nitriles is 1. The molecule has 0 radical (unpaired) electrons. The number of halogens is 3. The van der Waals surface area contributed by atoms with Gasteiger partial charge in [-0.1, -0.05) is 0 Å². The molecule has 0 bridgehead atoms. The SMILES string of the molecule is Cc1cc(C#N)cc(C)c1ON(c1ccc(N2CCN(C(=O)OC(C)(C)C)CC2)c(C(F)(F)F)c1)c1ncccn1. The third kappa shape index (κ3) is 6.98. The molecule has 2 heterocycles. The zero-order chi connectivity index (χ0) is 29.9. The Morgan fingerprint density at radius 3 is 2.15 bits per heavy atom. The highest BCUT2D eigenvalue weighted by Crippen LogP contribution is 2.41. The first-order valence-electron chi connectivity index (χ1n) is 13.0. The molecular formula is C29H31F3N6O3. The molecule has 3 aromatic rings. The lowest BCUT2D eigenvalue weighted by molar-refractivity contribution is -0.137. The fraction of sp³-hybridized carbons (Fsp3) is 0.379. The topological polar surface area (TPSA) is 94.8 Å². The minimum absolute atomic E-state index is 0.00949. The highest BCUT2D eigenvalue weighted by molar-refractivity contribution is 5.70. The van der Waals surface area contributed by atoms with E-state index in [0.717, 1.165) is 11.1 Å². The van der Waals surface area contributed by atoms with E-state index in [1.54, 1.807) is 57.7 Å². The molecule has 12 heteroatoms. The molecule has 0 spiro atoms. The van der Waals surface area contributed by atoms with E-state index in [2.05, 4.69) is 16.0 Å². The lowest BCUT2D eigenvalue weighted by Crippen LogP contribution is -2.50. The molecule has 1 amide bonds. The number of benzene rings is 2. The smallest absolute Gasteiger partial charge is 0.418 e. The number of aromatic nitrogens is 2. The van der Waals surface area contributed by atoms with Crippen LogP contribution in [0.25, 0.3) is 0 Å². The van der Waals surface area contributed by atoms with E-state index in [1.807, 2.05) is 0 Å². The Labute approximate surface area is 236 Å². The summed E-state index contributed by atoms with van der Waals surface area (Å²) in [4.78, 5) is 30.1. The first-order valence-corrected chi connectivity index (χ1v) is 13.0. The summed E-state index contributed by atoms with van der Waals surface area (Å²) in [6.45, 7) is 9.61. The van der Waals surface area contributed by atoms with Crippen LogP contribution in [-0.2, 0) is 10.9 Å². The Morgan fingerprint density at radius 1 is 1.00 bits per heavy atom. The average molecular weight is 569 g/mol. The van der Waals surface area contributed by atoms with Gasteiger partial charge >= 0.3 is 12.3 Å². The fourth-order valence-corrected chi connectivity index (χ4v) is 4.46. The summed E-state index contributed by atoms with van der Waals surface area (Å²) in [5, 5.41) is 10.4. The number of carbonyl (C=O) groups is 1. The van der Waals surface area contributed by atoms with Gasteiger partial charge < -0.3 is 19.4 Å². The molecule has 1 fully saturated rings. The molecule has 216 valence electrons. The number of hydrogen-bond acceptors (Lipinski definition) is 8. The molecule has 1 aliphatic rings. The van der Waals surface area contributed by atoms with Crippen molar-refractivity contribution in [2.24, 2.45) is 0 Å². The van der Waals surface area contributed by atoms with Crippen molar-refractivity contribution in [1.82, 2.24) is 14.9 Å². The molecule has 1 aromatic heterocycles. The van der Waals surface area contributed by atoms with E-state index in [-0.39, 0.29) is 43.5 Å². The van der Waals surface area contributed by atoms with Gasteiger partial charge in [0.15, 0.2) is 5.75 Å². The summed E-state index contributed by atoms with van der Waals surface area (Å²) in [5.74, 6) is 0.398. The van der Waals surface area contributed by atoms with Crippen LogP contribution in [0.2, 0.25) is 0 Å². The number of nitrogens with zero attached hydrogens (tertiary/aromatic N) is 6. The van der Waals surface area contributed by atoms with Crippen LogP contribution in [0.5, 0.6) is 5.75 Å². The Hall–Kier alpha value is -4.53. The van der Waals surface area contributed by atoms with Crippen LogP contribution < -0.4 is 14.8 Å². The van der Waals surface area contributed by atoms with Gasteiger partial charge in [-0.3, -0.25) is 0 Å². The zero-order valence-corrected chi connectivity index (χ0v) is 23.5. The Morgan fingerprint density at radius 2 is 1.61 bits per heavy atom. The maximum Gasteiger partial charge on any atom is 0.418 e. The number of piperazine rings is 1. The molecule has 1 aliphatic heterocycles. The van der Waals surface area contributed by atoms with Crippen molar-refractivity contribution in [1.29, 1.82) is 5.26 Å². The van der Waals surface area contributed by atoms with Crippen LogP contribution in [0.3, 0.4) is 0 Å². The van der Waals surface area contributed by atoms with Gasteiger partial charge in [-0.2, -0.15) is 18.4 Å². The Kier molecular flexibility index (Phi) is 8.28. The number of hydrogen-bond donors (Lipinski definition) is 0. The van der Waals surface area contributed by atoms with Crippen molar-refractivity contribution >= 4 is 23.4 Å². The van der Waals surface area contributed by atoms with Crippen LogP contribution in [0.4, 0.5) is 35.3 Å². The predicted octanol–water partition coefficient (Wildman–Crippen LogP) is 6.17. The van der Waals surface area contributed by atoms with Crippen molar-refractivity contribution in [3.8, 4) is 11.8 Å². The second-order valence-electron chi connectivity index (χ2n) is 10.6. The largest absolute Gasteiger partial charge is 0.444 e. The van der Waals surface area contributed by atoms with Gasteiger partial charge in [0.2, 0.25) is 0 Å². The summed E-state index contributed by atoms with van der Waals surface area (Å²) >= 11 is 0. The lowest BCUT2D eigenvalue weighted by atomic mass is 10.1. The quantitative estimate of drug-likeness (QED) is 0.337. The molecule has 0 saturated carbocycles. The van der Waals surface area contributed by atoms with Crippen molar-refractivity contribution in [2.75, 3.05) is 36.1 Å². The van der Waals surface area contributed by atoms with Crippen LogP contribution >= 0.6 is 0 Å². The Balaban J connectivity index is 1.67. The predicted molar refractivity (Wildman–Crippen MR) is 147 cm³/mol. The average Bonchev–Trinajstić information content (AvgIpc) is 2.91. The van der Waals surface area contributed by atoms with Gasteiger partial charge in [-0.15, -0.1) is 5.06 Å². The molecule has 4 rings (SSSR count). The molecule has 2 aromatic carbocycles. The van der Waals surface area contributed by atoms with Crippen LogP contribution in [0.15, 0.2) is 48.8 Å². The maximum absolute atomic E-state index is 14.4. The van der Waals surface area contributed by atoms with E-state index in [1.165, 1.54) is 29.4 Å². The lowest BCUT2D eigenvalue weighted by Gasteiger charge is -2.38. The van der Waals surface area contributed by atoms with Crippen molar-refractivity contribution in [3.05, 3.63) is 71.0 Å². The van der Waals surface area contributed by atoms with Crippen LogP contribution in [-0.4, -0.2) is 52.7 Å². The first kappa shape index (κ1) is 29.5. The van der Waals surface area contributed by atoms with Gasteiger partial charge in [-0.25, -0.2) is 14.8 Å². The zero-order valence-electron chi connectivity index (χ0n) is 23.5. The summed E-state index contributed by atoms with van der Waals surface area (Å²) in [6, 6.07) is 10.8. The van der Waals surface area contributed by atoms with Crippen molar-refractivity contribution in [2.45, 2.75) is 46.4 Å². The number of rotatable bonds is 5. The maximum atomic E-state index is 14.4. The molecule has 9 nitrogen and oxygen atoms in total. The standard InChI is InChI=1S/C29H31F3N6O3/c1-19-15-21(18-33)16-20(2)25(19)41-38(26-34-9-6-10-35-26)22-7-8-24(23(17-22)29(30,31)32)36-11-13-37(14-12-36)27(39)40-28(3,4)5/h6-10,15-17H,11-14H2,1-5H3. The summed E-state index contributed by atoms with van der Waals surface area (Å²) in [5.41, 5.74) is 0.200. The molecule has 0 atom stereocenters. The first-order chi connectivity index (χ1) is 19.3. The van der Waals surface area contributed by atoms with Gasteiger partial charge in [0, 0.05) is 44.3 Å². The number of alkyl halides is 3. The van der Waals surface area contributed by atoms with Crippen molar-refractivity contribution < 1.29 is 27.5 Å². The second-order valence-corrected chi connectivity index (χ2v) is 10.6. The molecule has 0 aliphatic carbocycles. The van der Waals surface area contributed by atoms with Gasteiger partial charge in [0.05, 0.1) is 22.9 Å². The summed E-state index contributed by atoms with van der Waals surface area (Å²) < 4.78 is 48.7. The number of anilines is 3. The number of aryl methyl sites for hydroxylation is 2. The third-order valence-electron chi connectivity index (χ3n) is 6.30. The molecular weight excluding hydrogens is 537 g/mol.